The average molecular weight is 220 g/mol. The van der Waals surface area contributed by atoms with Crippen molar-refractivity contribution in [3.8, 4) is 0 Å². The first-order chi connectivity index (χ1) is 7.27. The van der Waals surface area contributed by atoms with Crippen molar-refractivity contribution in [3.05, 3.63) is 51.1 Å². The number of H-pyrrole nitrogens is 1. The topological polar surface area (TPSA) is 62.0 Å². The minimum Gasteiger partial charge on any atom is -0.327 e. The molecule has 0 atom stereocenters. The lowest BCUT2D eigenvalue weighted by atomic mass is 10.4. The molecule has 0 aliphatic rings. The molecule has 0 fully saturated rings. The summed E-state index contributed by atoms with van der Waals surface area (Å²) in [6.07, 6.45) is 1.52. The first kappa shape index (κ1) is 9.67. The molecule has 0 spiro atoms. The largest absolute Gasteiger partial charge is 0.327 e. The second-order valence-electron chi connectivity index (χ2n) is 2.84. The molecule has 2 heterocycles. The molecule has 0 aliphatic carbocycles. The van der Waals surface area contributed by atoms with Crippen molar-refractivity contribution >= 4 is 22.9 Å². The summed E-state index contributed by atoms with van der Waals surface area (Å²) in [7, 11) is 0. The fraction of sp³-hybridized carbons (Fsp3) is 0. The molecular weight excluding hydrogens is 212 g/mol. The van der Waals surface area contributed by atoms with Gasteiger partial charge in [0.25, 0.3) is 11.5 Å². The number of aromatic amines is 1. The monoisotopic (exact) mass is 220 g/mol. The highest BCUT2D eigenvalue weighted by molar-refractivity contribution is 7.12. The van der Waals surface area contributed by atoms with E-state index >= 15 is 0 Å². The van der Waals surface area contributed by atoms with Gasteiger partial charge in [0.2, 0.25) is 0 Å². The Balaban J connectivity index is 2.20. The molecule has 0 aromatic carbocycles. The zero-order valence-corrected chi connectivity index (χ0v) is 8.51. The van der Waals surface area contributed by atoms with Gasteiger partial charge in [-0.1, -0.05) is 6.07 Å². The van der Waals surface area contributed by atoms with E-state index in [1.165, 1.54) is 17.5 Å². The highest BCUT2D eigenvalue weighted by Crippen LogP contribution is 2.10. The number of anilines is 1. The van der Waals surface area contributed by atoms with Crippen LogP contribution in [0.25, 0.3) is 0 Å². The fourth-order valence-electron chi connectivity index (χ4n) is 1.11. The number of carbonyl (C=O) groups is 1. The maximum atomic E-state index is 11.6. The molecule has 2 rings (SSSR count). The first-order valence-electron chi connectivity index (χ1n) is 4.30. The van der Waals surface area contributed by atoms with Gasteiger partial charge in [-0.25, -0.2) is 0 Å². The third kappa shape index (κ3) is 2.13. The number of rotatable bonds is 2. The number of amides is 1. The normalized spacial score (nSPS) is 9.87. The number of carbonyl (C=O) groups excluding carboxylic acids is 1. The Morgan fingerprint density at radius 3 is 2.87 bits per heavy atom. The van der Waals surface area contributed by atoms with E-state index in [-0.39, 0.29) is 17.2 Å². The van der Waals surface area contributed by atoms with Gasteiger partial charge in [0.1, 0.15) is 5.69 Å². The van der Waals surface area contributed by atoms with E-state index in [0.29, 0.717) is 4.88 Å². The summed E-state index contributed by atoms with van der Waals surface area (Å²) in [5.41, 5.74) is -0.0432. The number of nitrogens with one attached hydrogen (secondary N) is 2. The second kappa shape index (κ2) is 4.10. The predicted octanol–water partition coefficient (Wildman–Crippen LogP) is 1.69. The molecule has 1 amide bonds. The molecule has 0 saturated heterocycles. The SMILES string of the molecule is O=C(Nc1ccc[nH]c1=O)c1cccs1. The van der Waals surface area contributed by atoms with Gasteiger partial charge in [0, 0.05) is 6.20 Å². The summed E-state index contributed by atoms with van der Waals surface area (Å²) in [6.45, 7) is 0. The van der Waals surface area contributed by atoms with Gasteiger partial charge in [-0.3, -0.25) is 9.59 Å². The third-order valence-corrected chi connectivity index (χ3v) is 2.68. The summed E-state index contributed by atoms with van der Waals surface area (Å²) < 4.78 is 0. The van der Waals surface area contributed by atoms with Gasteiger partial charge in [-0.15, -0.1) is 11.3 Å². The number of aromatic nitrogens is 1. The van der Waals surface area contributed by atoms with Crippen LogP contribution in [-0.4, -0.2) is 10.9 Å². The van der Waals surface area contributed by atoms with Gasteiger partial charge < -0.3 is 10.3 Å². The van der Waals surface area contributed by atoms with Crippen LogP contribution in [0.3, 0.4) is 0 Å². The van der Waals surface area contributed by atoms with Crippen LogP contribution in [0.4, 0.5) is 5.69 Å². The van der Waals surface area contributed by atoms with Crippen LogP contribution in [0, 0.1) is 0 Å². The van der Waals surface area contributed by atoms with E-state index in [4.69, 9.17) is 0 Å². The molecule has 2 aromatic rings. The van der Waals surface area contributed by atoms with E-state index in [2.05, 4.69) is 10.3 Å². The Hall–Kier alpha value is -1.88. The van der Waals surface area contributed by atoms with Crippen molar-refractivity contribution in [2.45, 2.75) is 0 Å². The Kier molecular flexibility index (Phi) is 2.64. The molecule has 76 valence electrons. The van der Waals surface area contributed by atoms with Crippen molar-refractivity contribution in [1.82, 2.24) is 4.98 Å². The van der Waals surface area contributed by atoms with E-state index < -0.39 is 0 Å². The summed E-state index contributed by atoms with van der Waals surface area (Å²) in [5, 5.41) is 4.35. The maximum absolute atomic E-state index is 11.6. The molecule has 2 aromatic heterocycles. The highest BCUT2D eigenvalue weighted by atomic mass is 32.1. The van der Waals surface area contributed by atoms with E-state index in [0.717, 1.165) is 0 Å². The van der Waals surface area contributed by atoms with Crippen molar-refractivity contribution in [2.75, 3.05) is 5.32 Å². The van der Waals surface area contributed by atoms with Crippen molar-refractivity contribution in [3.63, 3.8) is 0 Å². The van der Waals surface area contributed by atoms with Crippen LogP contribution in [0.1, 0.15) is 9.67 Å². The summed E-state index contributed by atoms with van der Waals surface area (Å²) in [4.78, 5) is 25.9. The van der Waals surface area contributed by atoms with Crippen LogP contribution in [0.15, 0.2) is 40.6 Å². The van der Waals surface area contributed by atoms with Crippen LogP contribution in [0.5, 0.6) is 0 Å². The molecule has 0 aliphatic heterocycles. The van der Waals surface area contributed by atoms with Crippen molar-refractivity contribution in [1.29, 1.82) is 0 Å². The third-order valence-electron chi connectivity index (χ3n) is 1.81. The number of hydrogen-bond acceptors (Lipinski definition) is 3. The summed E-state index contributed by atoms with van der Waals surface area (Å²) in [5.74, 6) is -0.262. The minimum absolute atomic E-state index is 0.260. The van der Waals surface area contributed by atoms with Gasteiger partial charge in [0.15, 0.2) is 0 Å². The van der Waals surface area contributed by atoms with Crippen LogP contribution in [-0.2, 0) is 0 Å². The summed E-state index contributed by atoms with van der Waals surface area (Å²) >= 11 is 1.33. The zero-order chi connectivity index (χ0) is 10.7. The Bertz CT molecular complexity index is 516. The standard InChI is InChI=1S/C10H8N2O2S/c13-9-7(3-1-5-11-9)12-10(14)8-4-2-6-15-8/h1-6H,(H,11,13)(H,12,14). The van der Waals surface area contributed by atoms with Gasteiger partial charge in [0.05, 0.1) is 4.88 Å². The molecule has 0 radical (unpaired) electrons. The quantitative estimate of drug-likeness (QED) is 0.809. The van der Waals surface area contributed by atoms with E-state index in [1.54, 1.807) is 24.3 Å². The lowest BCUT2D eigenvalue weighted by Gasteiger charge is -2.00. The average Bonchev–Trinajstić information content (AvgIpc) is 2.74. The molecule has 0 bridgehead atoms. The molecular formula is C10H8N2O2S. The first-order valence-corrected chi connectivity index (χ1v) is 5.18. The lowest BCUT2D eigenvalue weighted by Crippen LogP contribution is -2.18. The van der Waals surface area contributed by atoms with Crippen molar-refractivity contribution in [2.24, 2.45) is 0 Å². The Morgan fingerprint density at radius 1 is 1.33 bits per heavy atom. The molecule has 5 heteroatoms. The van der Waals surface area contributed by atoms with Gasteiger partial charge in [-0.05, 0) is 23.6 Å². The van der Waals surface area contributed by atoms with Crippen molar-refractivity contribution < 1.29 is 4.79 Å². The van der Waals surface area contributed by atoms with Crippen LogP contribution in [0.2, 0.25) is 0 Å². The Labute approximate surface area is 89.6 Å². The minimum atomic E-state index is -0.303. The lowest BCUT2D eigenvalue weighted by molar-refractivity contribution is 0.103. The molecule has 0 unspecified atom stereocenters. The predicted molar refractivity (Wildman–Crippen MR) is 59.3 cm³/mol. The molecule has 0 saturated carbocycles. The number of hydrogen-bond donors (Lipinski definition) is 2. The van der Waals surface area contributed by atoms with Crippen LogP contribution >= 0.6 is 11.3 Å². The number of pyridine rings is 1. The smallest absolute Gasteiger partial charge is 0.271 e. The van der Waals surface area contributed by atoms with E-state index in [9.17, 15) is 9.59 Å². The van der Waals surface area contributed by atoms with Gasteiger partial charge >= 0.3 is 0 Å². The van der Waals surface area contributed by atoms with E-state index in [1.807, 2.05) is 5.38 Å². The number of thiophene rings is 1. The molecule has 2 N–H and O–H groups in total. The molecule has 4 nitrogen and oxygen atoms in total. The Morgan fingerprint density at radius 2 is 2.20 bits per heavy atom. The zero-order valence-electron chi connectivity index (χ0n) is 7.69. The van der Waals surface area contributed by atoms with Crippen LogP contribution < -0.4 is 10.9 Å². The summed E-state index contributed by atoms with van der Waals surface area (Å²) in [6, 6.07) is 6.71. The van der Waals surface area contributed by atoms with Gasteiger partial charge in [-0.2, -0.15) is 0 Å². The second-order valence-corrected chi connectivity index (χ2v) is 3.79. The highest BCUT2D eigenvalue weighted by Gasteiger charge is 2.07. The molecule has 15 heavy (non-hydrogen) atoms. The maximum Gasteiger partial charge on any atom is 0.271 e. The fourth-order valence-corrected chi connectivity index (χ4v) is 1.73.